The minimum absolute atomic E-state index is 0.536. The minimum atomic E-state index is 0.536. The van der Waals surface area contributed by atoms with E-state index < -0.39 is 0 Å². The Labute approximate surface area is 345 Å². The molecule has 9 aromatic carbocycles. The number of para-hydroxylation sites is 3. The van der Waals surface area contributed by atoms with Crippen LogP contribution in [0.25, 0.3) is 117 Å². The number of benzene rings is 9. The second-order valence-corrected chi connectivity index (χ2v) is 15.2. The summed E-state index contributed by atoms with van der Waals surface area (Å²) in [5.41, 5.74) is 12.1. The van der Waals surface area contributed by atoms with Gasteiger partial charge >= 0.3 is 0 Å². The number of rotatable bonds is 6. The molecule has 12 rings (SSSR count). The van der Waals surface area contributed by atoms with Gasteiger partial charge in [0.2, 0.25) is 5.95 Å². The van der Waals surface area contributed by atoms with Crippen LogP contribution in [0.4, 0.5) is 0 Å². The zero-order valence-electron chi connectivity index (χ0n) is 32.3. The quantitative estimate of drug-likeness (QED) is 0.169. The first-order valence-corrected chi connectivity index (χ1v) is 20.2. The molecule has 0 spiro atoms. The predicted molar refractivity (Wildman–Crippen MR) is 246 cm³/mol. The van der Waals surface area contributed by atoms with E-state index in [0.717, 1.165) is 93.6 Å². The fourth-order valence-electron chi connectivity index (χ4n) is 8.74. The summed E-state index contributed by atoms with van der Waals surface area (Å²) in [6.45, 7) is 0. The topological polar surface area (TPSA) is 56.7 Å². The maximum Gasteiger partial charge on any atom is 0.238 e. The van der Waals surface area contributed by atoms with Gasteiger partial charge < -0.3 is 4.42 Å². The Morgan fingerprint density at radius 2 is 0.850 bits per heavy atom. The van der Waals surface area contributed by atoms with Crippen LogP contribution < -0.4 is 0 Å². The van der Waals surface area contributed by atoms with Gasteiger partial charge in [0.1, 0.15) is 11.2 Å². The maximum atomic E-state index is 6.66. The van der Waals surface area contributed by atoms with Gasteiger partial charge in [-0.15, -0.1) is 0 Å². The summed E-state index contributed by atoms with van der Waals surface area (Å²) in [7, 11) is 0. The second-order valence-electron chi connectivity index (χ2n) is 15.2. The summed E-state index contributed by atoms with van der Waals surface area (Å²) in [6, 6.07) is 72.1. The molecule has 12 aromatic rings. The largest absolute Gasteiger partial charge is 0.455 e. The van der Waals surface area contributed by atoms with Crippen LogP contribution in [0.1, 0.15) is 0 Å². The lowest BCUT2D eigenvalue weighted by atomic mass is 9.99. The fraction of sp³-hybridized carbons (Fsp3) is 0. The molecule has 0 N–H and O–H groups in total. The molecule has 0 saturated carbocycles. The van der Waals surface area contributed by atoms with E-state index in [1.54, 1.807) is 0 Å². The van der Waals surface area contributed by atoms with Crippen LogP contribution >= 0.6 is 0 Å². The van der Waals surface area contributed by atoms with Crippen LogP contribution in [0.15, 0.2) is 211 Å². The van der Waals surface area contributed by atoms with Gasteiger partial charge in [-0.3, -0.25) is 4.57 Å². The van der Waals surface area contributed by atoms with E-state index in [-0.39, 0.29) is 0 Å². The summed E-state index contributed by atoms with van der Waals surface area (Å²) >= 11 is 0. The molecule has 5 nitrogen and oxygen atoms in total. The number of hydrogen-bond acceptors (Lipinski definition) is 4. The van der Waals surface area contributed by atoms with Crippen molar-refractivity contribution in [2.24, 2.45) is 0 Å². The lowest BCUT2D eigenvalue weighted by Gasteiger charge is -2.14. The molecule has 0 radical (unpaired) electrons. The average Bonchev–Trinajstić information content (AvgIpc) is 3.87. The van der Waals surface area contributed by atoms with Crippen molar-refractivity contribution in [1.82, 2.24) is 19.5 Å². The summed E-state index contributed by atoms with van der Waals surface area (Å²) in [4.78, 5) is 15.9. The van der Waals surface area contributed by atoms with Crippen molar-refractivity contribution in [2.45, 2.75) is 0 Å². The number of fused-ring (bicyclic) bond motifs is 7. The lowest BCUT2D eigenvalue weighted by molar-refractivity contribution is 0.670. The Kier molecular flexibility index (Phi) is 7.78. The van der Waals surface area contributed by atoms with E-state index in [4.69, 9.17) is 19.4 Å². The van der Waals surface area contributed by atoms with E-state index in [2.05, 4.69) is 187 Å². The molecule has 0 unspecified atom stereocenters. The van der Waals surface area contributed by atoms with E-state index in [0.29, 0.717) is 17.6 Å². The van der Waals surface area contributed by atoms with E-state index in [9.17, 15) is 0 Å². The van der Waals surface area contributed by atoms with Crippen molar-refractivity contribution in [1.29, 1.82) is 0 Å². The van der Waals surface area contributed by atoms with Crippen LogP contribution in [0.2, 0.25) is 0 Å². The standard InChI is InChI=1S/C55H34N4O/c1-3-13-35(14-4-1)37-25-29-39(30-26-37)53-56-54(40-31-27-38(28-32-40)36-15-5-2-6-16-36)58-55(57-53)59-49-34-42-18-8-7-17-41(42)33-48(49)45-21-11-20-44(51(45)59)47-23-12-22-46-43-19-9-10-24-50(43)60-52(46)47/h1-34H. The highest BCUT2D eigenvalue weighted by atomic mass is 16.3. The first-order chi connectivity index (χ1) is 29.7. The molecule has 3 heterocycles. The van der Waals surface area contributed by atoms with Gasteiger partial charge in [-0.05, 0) is 51.2 Å². The molecule has 280 valence electrons. The minimum Gasteiger partial charge on any atom is -0.455 e. The summed E-state index contributed by atoms with van der Waals surface area (Å²) in [6.07, 6.45) is 0. The first-order valence-electron chi connectivity index (χ1n) is 20.2. The predicted octanol–water partition coefficient (Wildman–Crippen LogP) is 14.4. The Morgan fingerprint density at radius 1 is 0.350 bits per heavy atom. The molecule has 0 amide bonds. The molecule has 0 aliphatic heterocycles. The molecule has 3 aromatic heterocycles. The van der Waals surface area contributed by atoms with E-state index in [1.165, 1.54) is 5.39 Å². The normalized spacial score (nSPS) is 11.7. The Bertz CT molecular complexity index is 3470. The molecule has 60 heavy (non-hydrogen) atoms. The van der Waals surface area contributed by atoms with Gasteiger partial charge in [0.25, 0.3) is 0 Å². The number of aromatic nitrogens is 4. The van der Waals surface area contributed by atoms with Crippen molar-refractivity contribution in [2.75, 3.05) is 0 Å². The average molecular weight is 767 g/mol. The first kappa shape index (κ1) is 33.9. The number of hydrogen-bond donors (Lipinski definition) is 0. The van der Waals surface area contributed by atoms with Crippen LogP contribution in [-0.4, -0.2) is 19.5 Å². The van der Waals surface area contributed by atoms with Gasteiger partial charge in [-0.1, -0.05) is 188 Å². The third kappa shape index (κ3) is 5.59. The van der Waals surface area contributed by atoms with Crippen LogP contribution in [0.5, 0.6) is 0 Å². The summed E-state index contributed by atoms with van der Waals surface area (Å²) in [5.74, 6) is 1.72. The molecule has 0 aliphatic rings. The van der Waals surface area contributed by atoms with Gasteiger partial charge in [0, 0.05) is 43.8 Å². The summed E-state index contributed by atoms with van der Waals surface area (Å²) in [5, 5.41) is 6.70. The van der Waals surface area contributed by atoms with Crippen LogP contribution in [0.3, 0.4) is 0 Å². The van der Waals surface area contributed by atoms with Gasteiger partial charge in [0.15, 0.2) is 11.6 Å². The smallest absolute Gasteiger partial charge is 0.238 e. The molecule has 0 aliphatic carbocycles. The molecular formula is C55H34N4O. The third-order valence-corrected chi connectivity index (χ3v) is 11.7. The third-order valence-electron chi connectivity index (χ3n) is 11.7. The zero-order chi connectivity index (χ0) is 39.6. The molecule has 0 saturated heterocycles. The molecule has 5 heteroatoms. The lowest BCUT2D eigenvalue weighted by Crippen LogP contribution is -2.07. The highest BCUT2D eigenvalue weighted by Gasteiger charge is 2.23. The highest BCUT2D eigenvalue weighted by Crippen LogP contribution is 2.43. The molecule has 0 bridgehead atoms. The van der Waals surface area contributed by atoms with Crippen molar-refractivity contribution in [3.05, 3.63) is 206 Å². The molecule has 0 fully saturated rings. The van der Waals surface area contributed by atoms with E-state index in [1.807, 2.05) is 24.3 Å². The van der Waals surface area contributed by atoms with E-state index >= 15 is 0 Å². The van der Waals surface area contributed by atoms with Crippen molar-refractivity contribution in [3.63, 3.8) is 0 Å². The zero-order valence-corrected chi connectivity index (χ0v) is 32.3. The molecular weight excluding hydrogens is 733 g/mol. The van der Waals surface area contributed by atoms with Crippen molar-refractivity contribution >= 4 is 54.5 Å². The monoisotopic (exact) mass is 766 g/mol. The van der Waals surface area contributed by atoms with Crippen LogP contribution in [-0.2, 0) is 0 Å². The van der Waals surface area contributed by atoms with Gasteiger partial charge in [-0.25, -0.2) is 4.98 Å². The molecule has 0 atom stereocenters. The summed E-state index contributed by atoms with van der Waals surface area (Å²) < 4.78 is 8.89. The Morgan fingerprint density at radius 3 is 1.50 bits per heavy atom. The number of furan rings is 1. The number of nitrogens with zero attached hydrogens (tertiary/aromatic N) is 4. The van der Waals surface area contributed by atoms with Crippen LogP contribution in [0, 0.1) is 0 Å². The Hall–Kier alpha value is -8.15. The maximum absolute atomic E-state index is 6.66. The fourth-order valence-corrected chi connectivity index (χ4v) is 8.74. The van der Waals surface area contributed by atoms with Crippen molar-refractivity contribution < 1.29 is 4.42 Å². The SMILES string of the molecule is c1ccc(-c2ccc(-c3nc(-c4ccc(-c5ccccc5)cc4)nc(-n4c5cc6ccccc6cc5c5cccc(-c6cccc7c6oc6ccccc67)c54)n3)cc2)cc1. The Balaban J connectivity index is 1.14. The van der Waals surface area contributed by atoms with Crippen molar-refractivity contribution in [3.8, 4) is 62.1 Å². The van der Waals surface area contributed by atoms with Gasteiger partial charge in [0.05, 0.1) is 11.0 Å². The highest BCUT2D eigenvalue weighted by molar-refractivity contribution is 6.19. The van der Waals surface area contributed by atoms with Gasteiger partial charge in [-0.2, -0.15) is 9.97 Å². The second kappa shape index (κ2) is 13.8.